The number of rotatable bonds is 6. The summed E-state index contributed by atoms with van der Waals surface area (Å²) in [6.07, 6.45) is 2.50. The van der Waals surface area contributed by atoms with E-state index in [1.807, 2.05) is 6.07 Å². The molecule has 1 aliphatic heterocycles. The molecule has 2 N–H and O–H groups in total. The lowest BCUT2D eigenvalue weighted by Crippen LogP contribution is -2.33. The van der Waals surface area contributed by atoms with Gasteiger partial charge < -0.3 is 15.5 Å². The summed E-state index contributed by atoms with van der Waals surface area (Å²) < 4.78 is 0. The van der Waals surface area contributed by atoms with Gasteiger partial charge in [0.2, 0.25) is 0 Å². The average molecular weight is 278 g/mol. The number of nitro benzene ring substituents is 1. The summed E-state index contributed by atoms with van der Waals surface area (Å²) in [5.41, 5.74) is 1.23. The molecule has 6 heteroatoms. The highest BCUT2D eigenvalue weighted by Crippen LogP contribution is 2.32. The Bertz CT molecular complexity index is 472. The van der Waals surface area contributed by atoms with Crippen molar-refractivity contribution >= 4 is 17.1 Å². The number of para-hydroxylation sites is 1. The van der Waals surface area contributed by atoms with Gasteiger partial charge in [0, 0.05) is 19.6 Å². The summed E-state index contributed by atoms with van der Waals surface area (Å²) in [6.45, 7) is 5.24. The average Bonchev–Trinajstić information content (AvgIpc) is 2.90. The first-order valence-corrected chi connectivity index (χ1v) is 7.06. The number of nitrogens with zero attached hydrogens (tertiary/aromatic N) is 2. The fourth-order valence-electron chi connectivity index (χ4n) is 2.72. The molecule has 0 aliphatic carbocycles. The van der Waals surface area contributed by atoms with Crippen molar-refractivity contribution in [2.45, 2.75) is 25.8 Å². The van der Waals surface area contributed by atoms with Crippen LogP contribution >= 0.6 is 0 Å². The minimum atomic E-state index is -0.337. The first-order chi connectivity index (χ1) is 9.61. The van der Waals surface area contributed by atoms with Crippen LogP contribution in [0.2, 0.25) is 0 Å². The van der Waals surface area contributed by atoms with Crippen molar-refractivity contribution < 1.29 is 4.92 Å². The zero-order chi connectivity index (χ0) is 14.5. The Kier molecular flexibility index (Phi) is 4.79. The minimum Gasteiger partial charge on any atom is -0.382 e. The minimum absolute atomic E-state index is 0.114. The Labute approximate surface area is 119 Å². The van der Waals surface area contributed by atoms with Gasteiger partial charge >= 0.3 is 5.69 Å². The van der Waals surface area contributed by atoms with E-state index in [1.165, 1.54) is 12.8 Å². The van der Waals surface area contributed by atoms with E-state index < -0.39 is 0 Å². The molecule has 1 heterocycles. The summed E-state index contributed by atoms with van der Waals surface area (Å²) >= 11 is 0. The highest BCUT2D eigenvalue weighted by atomic mass is 16.6. The third-order valence-corrected chi connectivity index (χ3v) is 3.62. The summed E-state index contributed by atoms with van der Waals surface area (Å²) in [5.74, 6) is 0. The molecule has 0 saturated carbocycles. The number of hydrogen-bond donors (Lipinski definition) is 2. The summed E-state index contributed by atoms with van der Waals surface area (Å²) in [4.78, 5) is 13.3. The van der Waals surface area contributed by atoms with Crippen molar-refractivity contribution in [3.63, 3.8) is 0 Å². The molecule has 6 nitrogen and oxygen atoms in total. The zero-order valence-corrected chi connectivity index (χ0v) is 12.1. The number of likely N-dealkylation sites (tertiary alicyclic amines) is 1. The van der Waals surface area contributed by atoms with Gasteiger partial charge in [0.15, 0.2) is 0 Å². The highest BCUT2D eigenvalue weighted by Gasteiger charge is 2.21. The Morgan fingerprint density at radius 1 is 1.35 bits per heavy atom. The van der Waals surface area contributed by atoms with Crippen LogP contribution in [0.3, 0.4) is 0 Å². The molecule has 0 amide bonds. The zero-order valence-electron chi connectivity index (χ0n) is 12.1. The molecular formula is C14H22N4O2. The number of hydrogen-bond acceptors (Lipinski definition) is 5. The van der Waals surface area contributed by atoms with Gasteiger partial charge in [0.05, 0.1) is 4.92 Å². The molecular weight excluding hydrogens is 256 g/mol. The second-order valence-corrected chi connectivity index (χ2v) is 5.26. The lowest BCUT2D eigenvalue weighted by molar-refractivity contribution is -0.383. The molecule has 2 rings (SSSR count). The van der Waals surface area contributed by atoms with Gasteiger partial charge in [-0.05, 0) is 45.0 Å². The Morgan fingerprint density at radius 3 is 2.60 bits per heavy atom. The van der Waals surface area contributed by atoms with Crippen molar-refractivity contribution in [1.82, 2.24) is 4.90 Å². The number of anilines is 2. The van der Waals surface area contributed by atoms with Crippen molar-refractivity contribution in [3.05, 3.63) is 28.3 Å². The number of nitro groups is 1. The van der Waals surface area contributed by atoms with Gasteiger partial charge in [-0.15, -0.1) is 0 Å². The molecule has 1 fully saturated rings. The van der Waals surface area contributed by atoms with E-state index in [0.29, 0.717) is 11.4 Å². The maximum atomic E-state index is 11.2. The Hall–Kier alpha value is -1.82. The van der Waals surface area contributed by atoms with Gasteiger partial charge in [0.25, 0.3) is 0 Å². The van der Waals surface area contributed by atoms with Crippen LogP contribution in [0.15, 0.2) is 18.2 Å². The van der Waals surface area contributed by atoms with Crippen molar-refractivity contribution in [2.24, 2.45) is 0 Å². The Balaban J connectivity index is 2.09. The SMILES string of the molecule is CNc1cccc(NC(C)CN2CCCC2)c1[N+](=O)[O-]. The molecule has 1 atom stereocenters. The van der Waals surface area contributed by atoms with Crippen LogP contribution in [-0.2, 0) is 0 Å². The van der Waals surface area contributed by atoms with Crippen molar-refractivity contribution in [1.29, 1.82) is 0 Å². The first-order valence-electron chi connectivity index (χ1n) is 7.06. The van der Waals surface area contributed by atoms with Crippen LogP contribution < -0.4 is 10.6 Å². The van der Waals surface area contributed by atoms with Gasteiger partial charge in [-0.1, -0.05) is 6.07 Å². The van der Waals surface area contributed by atoms with Crippen LogP contribution in [0.4, 0.5) is 17.1 Å². The van der Waals surface area contributed by atoms with E-state index in [4.69, 9.17) is 0 Å². The fraction of sp³-hybridized carbons (Fsp3) is 0.571. The van der Waals surface area contributed by atoms with E-state index in [1.54, 1.807) is 19.2 Å². The monoisotopic (exact) mass is 278 g/mol. The standard InChI is InChI=1S/C14H22N4O2/c1-11(10-17-8-3-4-9-17)16-13-7-5-6-12(15-2)14(13)18(19)20/h5-7,11,15-16H,3-4,8-10H2,1-2H3. The van der Waals surface area contributed by atoms with Gasteiger partial charge in [-0.25, -0.2) is 0 Å². The molecule has 1 saturated heterocycles. The fourth-order valence-corrected chi connectivity index (χ4v) is 2.72. The lowest BCUT2D eigenvalue weighted by Gasteiger charge is -2.22. The molecule has 20 heavy (non-hydrogen) atoms. The molecule has 1 unspecified atom stereocenters. The molecule has 1 aromatic carbocycles. The van der Waals surface area contributed by atoms with E-state index in [2.05, 4.69) is 22.5 Å². The largest absolute Gasteiger partial charge is 0.382 e. The second-order valence-electron chi connectivity index (χ2n) is 5.26. The van der Waals surface area contributed by atoms with Crippen LogP contribution in [0, 0.1) is 10.1 Å². The summed E-state index contributed by atoms with van der Waals surface area (Å²) in [5, 5.41) is 17.4. The smallest absolute Gasteiger partial charge is 0.315 e. The third kappa shape index (κ3) is 3.39. The first kappa shape index (κ1) is 14.6. The van der Waals surface area contributed by atoms with Gasteiger partial charge in [-0.3, -0.25) is 10.1 Å². The van der Waals surface area contributed by atoms with E-state index >= 15 is 0 Å². The summed E-state index contributed by atoms with van der Waals surface area (Å²) in [7, 11) is 1.69. The summed E-state index contributed by atoms with van der Waals surface area (Å²) in [6, 6.07) is 5.48. The molecule has 0 aromatic heterocycles. The second kappa shape index (κ2) is 6.56. The molecule has 110 valence electrons. The van der Waals surface area contributed by atoms with E-state index in [9.17, 15) is 10.1 Å². The van der Waals surface area contributed by atoms with Crippen LogP contribution in [0.25, 0.3) is 0 Å². The van der Waals surface area contributed by atoms with Crippen LogP contribution in [0.5, 0.6) is 0 Å². The predicted octanol–water partition coefficient (Wildman–Crippen LogP) is 2.53. The molecule has 1 aliphatic rings. The topological polar surface area (TPSA) is 70.4 Å². The van der Waals surface area contributed by atoms with E-state index in [-0.39, 0.29) is 16.7 Å². The van der Waals surface area contributed by atoms with Crippen LogP contribution in [-0.4, -0.2) is 42.5 Å². The lowest BCUT2D eigenvalue weighted by atomic mass is 10.2. The van der Waals surface area contributed by atoms with E-state index in [0.717, 1.165) is 19.6 Å². The normalized spacial score (nSPS) is 16.9. The predicted molar refractivity (Wildman–Crippen MR) is 81.4 cm³/mol. The van der Waals surface area contributed by atoms with Crippen molar-refractivity contribution in [3.8, 4) is 0 Å². The van der Waals surface area contributed by atoms with Gasteiger partial charge in [0.1, 0.15) is 11.4 Å². The molecule has 0 bridgehead atoms. The van der Waals surface area contributed by atoms with Crippen LogP contribution in [0.1, 0.15) is 19.8 Å². The van der Waals surface area contributed by atoms with Crippen molar-refractivity contribution in [2.75, 3.05) is 37.3 Å². The molecule has 1 aromatic rings. The maximum absolute atomic E-state index is 11.2. The van der Waals surface area contributed by atoms with Gasteiger partial charge in [-0.2, -0.15) is 0 Å². The molecule has 0 spiro atoms. The molecule has 0 radical (unpaired) electrons. The number of benzene rings is 1. The highest BCUT2D eigenvalue weighted by molar-refractivity contribution is 5.76. The third-order valence-electron chi connectivity index (χ3n) is 3.62. The quantitative estimate of drug-likeness (QED) is 0.618. The maximum Gasteiger partial charge on any atom is 0.315 e. The Morgan fingerprint density at radius 2 is 2.00 bits per heavy atom. The number of nitrogens with one attached hydrogen (secondary N) is 2.